The van der Waals surface area contributed by atoms with Crippen LogP contribution < -0.4 is 0 Å². The molecule has 0 aliphatic heterocycles. The third-order valence-corrected chi connectivity index (χ3v) is 6.75. The van der Waals surface area contributed by atoms with Crippen LogP contribution in [-0.4, -0.2) is 0 Å². The second-order valence-corrected chi connectivity index (χ2v) is 8.73. The first kappa shape index (κ1) is 26.9. The van der Waals surface area contributed by atoms with E-state index in [-0.39, 0.29) is 22.3 Å². The van der Waals surface area contributed by atoms with Gasteiger partial charge in [0.15, 0.2) is 0 Å². The van der Waals surface area contributed by atoms with Crippen molar-refractivity contribution in [2.24, 2.45) is 0 Å². The van der Waals surface area contributed by atoms with Crippen molar-refractivity contribution in [3.63, 3.8) is 0 Å². The minimum absolute atomic E-state index is 0.0806. The molecular weight excluding hydrogens is 544 g/mol. The van der Waals surface area contributed by atoms with Crippen LogP contribution in [0.5, 0.6) is 0 Å². The maximum atomic E-state index is 16.9. The lowest BCUT2D eigenvalue weighted by Gasteiger charge is -2.15. The maximum Gasteiger partial charge on any atom is 0.270 e. The van der Waals surface area contributed by atoms with Crippen molar-refractivity contribution >= 4 is 33.6 Å². The zero-order chi connectivity index (χ0) is 30.3. The normalized spacial score (nSPS) is 15.4. The van der Waals surface area contributed by atoms with Crippen LogP contribution in [0.1, 0.15) is 33.4 Å². The van der Waals surface area contributed by atoms with E-state index in [1.807, 2.05) is 0 Å². The molecule has 5 rings (SSSR count). The van der Waals surface area contributed by atoms with E-state index in [4.69, 9.17) is 19.7 Å². The Morgan fingerprint density at radius 3 is 1.45 bits per heavy atom. The molecule has 0 heterocycles. The van der Waals surface area contributed by atoms with Crippen molar-refractivity contribution in [3.05, 3.63) is 151 Å². The number of hydrogen-bond acceptors (Lipinski definition) is 3. The first-order valence-corrected chi connectivity index (χ1v) is 11.7. The Bertz CT molecular complexity index is 1970. The number of rotatable bonds is 2. The average molecular weight is 552 g/mol. The van der Waals surface area contributed by atoms with E-state index in [9.17, 15) is 24.6 Å². The van der Waals surface area contributed by atoms with Gasteiger partial charge in [0.05, 0.1) is 37.4 Å². The Morgan fingerprint density at radius 1 is 0.595 bits per heavy atom. The van der Waals surface area contributed by atoms with E-state index in [0.717, 1.165) is 24.3 Å². The van der Waals surface area contributed by atoms with E-state index in [0.29, 0.717) is 0 Å². The molecule has 0 fully saturated rings. The van der Waals surface area contributed by atoms with Crippen molar-refractivity contribution in [2.75, 3.05) is 0 Å². The number of nitrogens with zero attached hydrogens (tertiary/aromatic N) is 6. The van der Waals surface area contributed by atoms with Crippen LogP contribution in [0.2, 0.25) is 0 Å². The number of fused-ring (bicyclic) bond motifs is 2. The number of halogens is 4. The lowest BCUT2D eigenvalue weighted by atomic mass is 9.90. The predicted molar refractivity (Wildman–Crippen MR) is 143 cm³/mol. The van der Waals surface area contributed by atoms with Gasteiger partial charge in [0.25, 0.3) is 11.4 Å². The summed E-state index contributed by atoms with van der Waals surface area (Å²) in [4.78, 5) is 9.71. The van der Waals surface area contributed by atoms with Gasteiger partial charge in [0.1, 0.15) is 29.3 Å². The second kappa shape index (κ2) is 10.1. The van der Waals surface area contributed by atoms with E-state index in [2.05, 4.69) is 14.5 Å². The van der Waals surface area contributed by atoms with Crippen molar-refractivity contribution < 1.29 is 17.6 Å². The summed E-state index contributed by atoms with van der Waals surface area (Å²) in [5, 5.41) is 29.7. The predicted octanol–water partition coefficient (Wildman–Crippen LogP) is 7.80. The molecule has 10 heteroatoms. The molecule has 0 saturated heterocycles. The highest BCUT2D eigenvalue weighted by atomic mass is 19.1. The van der Waals surface area contributed by atoms with Crippen molar-refractivity contribution in [1.29, 1.82) is 15.8 Å². The van der Waals surface area contributed by atoms with E-state index in [1.165, 1.54) is 24.3 Å². The minimum Gasteiger partial charge on any atom is -0.237 e. The summed E-state index contributed by atoms with van der Waals surface area (Å²) in [6.07, 6.45) is 0. The molecule has 0 aromatic heterocycles. The third-order valence-electron chi connectivity index (χ3n) is 6.75. The lowest BCUT2D eigenvalue weighted by molar-refractivity contribution is 0.590. The van der Waals surface area contributed by atoms with Crippen LogP contribution in [0.25, 0.3) is 48.1 Å². The number of benzene rings is 3. The quantitative estimate of drug-likeness (QED) is 0.185. The molecule has 0 atom stereocenters. The van der Waals surface area contributed by atoms with Gasteiger partial charge in [-0.2, -0.15) is 5.26 Å². The van der Waals surface area contributed by atoms with Crippen LogP contribution >= 0.6 is 0 Å². The van der Waals surface area contributed by atoms with Gasteiger partial charge in [-0.25, -0.2) is 42.6 Å². The molecule has 6 nitrogen and oxygen atoms in total. The van der Waals surface area contributed by atoms with Gasteiger partial charge < -0.3 is 0 Å². The molecule has 2 aliphatic carbocycles. The SMILES string of the molecule is [C-]#[N+]C1=C(c2ccc(F)cc2)/C(=C(/C#N)[N+]#[C-])c2c(F)c3c(c(F)c21)C(C#N)=C(c1ccc(F)cc1)/C3=C(\C#N)[N+]#[C-]. The zero-order valence-electron chi connectivity index (χ0n) is 20.8. The maximum absolute atomic E-state index is 16.9. The molecule has 0 amide bonds. The summed E-state index contributed by atoms with van der Waals surface area (Å²) in [6, 6.07) is 14.0. The van der Waals surface area contributed by atoms with E-state index < -0.39 is 79.3 Å². The second-order valence-electron chi connectivity index (χ2n) is 8.73. The zero-order valence-corrected chi connectivity index (χ0v) is 20.8. The molecule has 2 aliphatic rings. The van der Waals surface area contributed by atoms with E-state index >= 15 is 8.78 Å². The molecule has 0 radical (unpaired) electrons. The van der Waals surface area contributed by atoms with Gasteiger partial charge in [-0.15, -0.1) is 0 Å². The Labute approximate surface area is 236 Å². The molecule has 194 valence electrons. The highest BCUT2D eigenvalue weighted by Gasteiger charge is 2.43. The molecule has 0 saturated carbocycles. The summed E-state index contributed by atoms with van der Waals surface area (Å²) < 4.78 is 61.1. The lowest BCUT2D eigenvalue weighted by Crippen LogP contribution is -2.05. The van der Waals surface area contributed by atoms with Crippen molar-refractivity contribution in [1.82, 2.24) is 0 Å². The highest BCUT2D eigenvalue weighted by molar-refractivity contribution is 6.29. The van der Waals surface area contributed by atoms with Crippen LogP contribution in [0.3, 0.4) is 0 Å². The summed E-state index contributed by atoms with van der Waals surface area (Å²) >= 11 is 0. The Hall–Kier alpha value is -6.72. The van der Waals surface area contributed by atoms with E-state index in [1.54, 1.807) is 18.2 Å². The summed E-state index contributed by atoms with van der Waals surface area (Å²) in [5.74, 6) is -3.86. The molecule has 3 aromatic rings. The average Bonchev–Trinajstić information content (AvgIpc) is 3.53. The minimum atomic E-state index is -1.29. The fraction of sp³-hybridized carbons (Fsp3) is 0. The fourth-order valence-corrected chi connectivity index (χ4v) is 5.13. The van der Waals surface area contributed by atoms with Crippen LogP contribution in [0.15, 0.2) is 59.9 Å². The summed E-state index contributed by atoms with van der Waals surface area (Å²) in [7, 11) is 0. The largest absolute Gasteiger partial charge is 0.270 e. The summed E-state index contributed by atoms with van der Waals surface area (Å²) in [6.45, 7) is 22.9. The monoisotopic (exact) mass is 552 g/mol. The van der Waals surface area contributed by atoms with Crippen molar-refractivity contribution in [3.8, 4) is 18.2 Å². The standard InChI is InChI=1S/C32H8F4N6/c1-40-20(13-38)25-22(15-4-8-17(33)9-5-15)19(12-37)24-27(25)31(36)28-26(21(14-39)41-2)23(16-6-10-18(34)11-7-16)32(42-3)29(28)30(24)35/h4-11H/b25-20-,26-21+. The van der Waals surface area contributed by atoms with Crippen LogP contribution in [0, 0.1) is 77.0 Å². The van der Waals surface area contributed by atoms with Gasteiger partial charge in [-0.1, -0.05) is 24.3 Å². The Balaban J connectivity index is 2.03. The molecule has 0 unspecified atom stereocenters. The van der Waals surface area contributed by atoms with Gasteiger partial charge >= 0.3 is 0 Å². The number of allylic oxidation sites excluding steroid dienone is 7. The van der Waals surface area contributed by atoms with Gasteiger partial charge in [-0.3, -0.25) is 0 Å². The fourth-order valence-electron chi connectivity index (χ4n) is 5.13. The van der Waals surface area contributed by atoms with Crippen LogP contribution in [0.4, 0.5) is 17.6 Å². The van der Waals surface area contributed by atoms with Crippen molar-refractivity contribution in [2.45, 2.75) is 0 Å². The molecule has 0 spiro atoms. The number of nitriles is 3. The first-order valence-electron chi connectivity index (χ1n) is 11.7. The first-order chi connectivity index (χ1) is 20.3. The molecule has 42 heavy (non-hydrogen) atoms. The van der Waals surface area contributed by atoms with Gasteiger partial charge in [0, 0.05) is 27.8 Å². The Kier molecular flexibility index (Phi) is 6.47. The third kappa shape index (κ3) is 3.66. The molecule has 0 N–H and O–H groups in total. The van der Waals surface area contributed by atoms with Crippen LogP contribution in [-0.2, 0) is 0 Å². The van der Waals surface area contributed by atoms with Gasteiger partial charge in [-0.05, 0) is 52.1 Å². The summed E-state index contributed by atoms with van der Waals surface area (Å²) in [5.41, 5.74) is -6.07. The molecule has 3 aromatic carbocycles. The molecule has 0 bridgehead atoms. The number of hydrogen-bond donors (Lipinski definition) is 0. The Morgan fingerprint density at radius 2 is 1.02 bits per heavy atom. The van der Waals surface area contributed by atoms with Gasteiger partial charge in [0.2, 0.25) is 5.70 Å². The smallest absolute Gasteiger partial charge is 0.237 e. The topological polar surface area (TPSA) is 84.5 Å². The molecular formula is C32H8F4N6. The highest BCUT2D eigenvalue weighted by Crippen LogP contribution is 2.57.